The van der Waals surface area contributed by atoms with Gasteiger partial charge in [-0.2, -0.15) is 0 Å². The van der Waals surface area contributed by atoms with Crippen LogP contribution in [0, 0.1) is 0 Å². The first-order chi connectivity index (χ1) is 19.0. The van der Waals surface area contributed by atoms with Gasteiger partial charge in [-0.3, -0.25) is 10.2 Å². The van der Waals surface area contributed by atoms with Gasteiger partial charge in [-0.25, -0.2) is 10.4 Å². The lowest BCUT2D eigenvalue weighted by atomic mass is 9.84. The summed E-state index contributed by atoms with van der Waals surface area (Å²) in [4.78, 5) is 18.7. The van der Waals surface area contributed by atoms with E-state index in [2.05, 4.69) is 33.4 Å². The number of benzene rings is 3. The van der Waals surface area contributed by atoms with Crippen LogP contribution in [0.5, 0.6) is 11.5 Å². The van der Waals surface area contributed by atoms with Crippen molar-refractivity contribution in [2.24, 2.45) is 4.99 Å². The first kappa shape index (κ1) is 28.4. The third kappa shape index (κ3) is 6.68. The molecule has 2 atom stereocenters. The maximum absolute atomic E-state index is 13.8. The van der Waals surface area contributed by atoms with E-state index < -0.39 is 11.6 Å². The van der Waals surface area contributed by atoms with E-state index >= 15 is 0 Å². The van der Waals surface area contributed by atoms with Crippen LogP contribution < -0.4 is 20.3 Å². The number of aliphatic hydroxyl groups excluding tert-OH is 1. The van der Waals surface area contributed by atoms with Crippen LogP contribution in [0.15, 0.2) is 94.9 Å². The second-order valence-electron chi connectivity index (χ2n) is 8.96. The lowest BCUT2D eigenvalue weighted by molar-refractivity contribution is -0.129. The van der Waals surface area contributed by atoms with Crippen LogP contribution in [0.4, 0.5) is 0 Å². The molecule has 0 aromatic heterocycles. The highest BCUT2D eigenvalue weighted by Crippen LogP contribution is 2.44. The smallest absolute Gasteiger partial charge is 0.266 e. The van der Waals surface area contributed by atoms with Gasteiger partial charge in [0, 0.05) is 41.6 Å². The van der Waals surface area contributed by atoms with Gasteiger partial charge in [0.25, 0.3) is 5.91 Å². The van der Waals surface area contributed by atoms with Crippen molar-refractivity contribution in [3.63, 3.8) is 0 Å². The van der Waals surface area contributed by atoms with Crippen LogP contribution in [0.2, 0.25) is 0 Å². The lowest BCUT2D eigenvalue weighted by Crippen LogP contribution is -2.52. The fraction of sp³-hybridized carbons (Fsp3) is 0.267. The van der Waals surface area contributed by atoms with Crippen molar-refractivity contribution in [3.05, 3.63) is 107 Å². The van der Waals surface area contributed by atoms with Gasteiger partial charge in [-0.1, -0.05) is 52.3 Å². The normalized spacial score (nSPS) is 18.1. The Morgan fingerprint density at radius 2 is 1.85 bits per heavy atom. The van der Waals surface area contributed by atoms with Crippen molar-refractivity contribution in [2.45, 2.75) is 31.0 Å². The van der Waals surface area contributed by atoms with Crippen LogP contribution in [0.1, 0.15) is 35.6 Å². The average molecular weight is 595 g/mol. The maximum atomic E-state index is 13.8. The first-order valence-corrected chi connectivity index (χ1v) is 13.4. The van der Waals surface area contributed by atoms with E-state index in [4.69, 9.17) is 24.3 Å². The predicted molar refractivity (Wildman–Crippen MR) is 154 cm³/mol. The highest BCUT2D eigenvalue weighted by molar-refractivity contribution is 9.10. The third-order valence-corrected chi connectivity index (χ3v) is 7.05. The molecule has 0 bridgehead atoms. The number of carbonyl (C=O) groups is 1. The molecule has 9 heteroatoms. The van der Waals surface area contributed by atoms with E-state index in [1.54, 1.807) is 13.2 Å². The summed E-state index contributed by atoms with van der Waals surface area (Å²) < 4.78 is 18.1. The van der Waals surface area contributed by atoms with Crippen LogP contribution in [0.25, 0.3) is 0 Å². The molecule has 39 heavy (non-hydrogen) atoms. The third-order valence-electron chi connectivity index (χ3n) is 6.33. The van der Waals surface area contributed by atoms with Crippen molar-refractivity contribution in [1.82, 2.24) is 10.9 Å². The Labute approximate surface area is 236 Å². The zero-order valence-electron chi connectivity index (χ0n) is 21.7. The van der Waals surface area contributed by atoms with Crippen molar-refractivity contribution in [1.29, 1.82) is 0 Å². The molecule has 0 saturated carbocycles. The minimum Gasteiger partial charge on any atom is -0.497 e. The minimum atomic E-state index is -1.30. The van der Waals surface area contributed by atoms with E-state index in [1.807, 2.05) is 72.8 Å². The fourth-order valence-electron chi connectivity index (χ4n) is 4.28. The predicted octanol–water partition coefficient (Wildman–Crippen LogP) is 4.87. The Hall–Kier alpha value is -3.66. The molecule has 1 aliphatic heterocycles. The van der Waals surface area contributed by atoms with Crippen LogP contribution in [-0.2, 0) is 16.1 Å². The molecule has 0 radical (unpaired) electrons. The fourth-order valence-corrected chi connectivity index (χ4v) is 4.77. The quantitative estimate of drug-likeness (QED) is 0.148. The number of carbonyl (C=O) groups excluding carboxylic acids is 1. The Morgan fingerprint density at radius 1 is 1.13 bits per heavy atom. The molecule has 3 aromatic carbocycles. The molecular weight excluding hydrogens is 562 g/mol. The van der Waals surface area contributed by atoms with Crippen molar-refractivity contribution in [2.75, 3.05) is 20.3 Å². The number of hydrazine groups is 1. The summed E-state index contributed by atoms with van der Waals surface area (Å²) in [6.45, 7) is 4.81. The highest BCUT2D eigenvalue weighted by atomic mass is 79.9. The van der Waals surface area contributed by atoms with Gasteiger partial charge >= 0.3 is 0 Å². The number of aliphatic hydroxyl groups is 1. The number of hydrogen-bond donors (Lipinski definition) is 3. The zero-order valence-corrected chi connectivity index (χ0v) is 23.3. The van der Waals surface area contributed by atoms with Crippen LogP contribution in [0.3, 0.4) is 0 Å². The average Bonchev–Trinajstić information content (AvgIpc) is 3.34. The van der Waals surface area contributed by atoms with Gasteiger partial charge in [-0.15, -0.1) is 6.58 Å². The summed E-state index contributed by atoms with van der Waals surface area (Å²) >= 11 is 3.62. The molecular formula is C30H32BrN3O5. The van der Waals surface area contributed by atoms with Gasteiger partial charge in [0.1, 0.15) is 11.5 Å². The zero-order chi connectivity index (χ0) is 27.7. The molecule has 4 rings (SSSR count). The molecule has 0 saturated heterocycles. The van der Waals surface area contributed by atoms with Gasteiger partial charge in [0.2, 0.25) is 5.90 Å². The number of hydrogen-bond acceptors (Lipinski definition) is 7. The summed E-state index contributed by atoms with van der Waals surface area (Å²) in [6, 6.07) is 22.5. The summed E-state index contributed by atoms with van der Waals surface area (Å²) in [5, 5.41) is 8.97. The molecule has 204 valence electrons. The molecule has 0 fully saturated rings. The molecule has 0 aliphatic carbocycles. The molecule has 1 aliphatic rings. The summed E-state index contributed by atoms with van der Waals surface area (Å²) in [7, 11) is 1.62. The topological polar surface area (TPSA) is 101 Å². The largest absolute Gasteiger partial charge is 0.497 e. The van der Waals surface area contributed by atoms with Crippen molar-refractivity contribution in [3.8, 4) is 11.5 Å². The Bertz CT molecular complexity index is 1300. The van der Waals surface area contributed by atoms with Gasteiger partial charge in [0.15, 0.2) is 11.6 Å². The summed E-state index contributed by atoms with van der Waals surface area (Å²) in [5.74, 6) is 1.45. The van der Waals surface area contributed by atoms with E-state index in [9.17, 15) is 4.79 Å². The number of halogens is 1. The standard InChI is InChI=1S/C30H32BrN3O5/c1-3-17-30(29(36)34-32-20-21-9-13-23(37-2)14-10-21)27(25-7-4-5-8-26(25)31)39-28(33-30)22-11-15-24(16-12-22)38-19-6-18-35/h3-5,7-16,27,32,35H,1,6,17-20H2,2H3,(H,34,36)/t27-,30-/m0/s1. The lowest BCUT2D eigenvalue weighted by Gasteiger charge is -2.30. The maximum Gasteiger partial charge on any atom is 0.266 e. The number of methoxy groups -OCH3 is 1. The monoisotopic (exact) mass is 593 g/mol. The Morgan fingerprint density at radius 3 is 2.51 bits per heavy atom. The number of ether oxygens (including phenoxy) is 3. The van der Waals surface area contributed by atoms with Crippen molar-refractivity contribution < 1.29 is 24.1 Å². The number of nitrogens with zero attached hydrogens (tertiary/aromatic N) is 1. The number of rotatable bonds is 13. The number of aliphatic imine (C=N–C) groups is 1. The number of amides is 1. The molecule has 1 amide bonds. The summed E-state index contributed by atoms with van der Waals surface area (Å²) in [6.07, 6.45) is 1.78. The van der Waals surface area contributed by atoms with Gasteiger partial charge < -0.3 is 19.3 Å². The molecule has 0 unspecified atom stereocenters. The minimum absolute atomic E-state index is 0.0710. The second kappa shape index (κ2) is 13.4. The van der Waals surface area contributed by atoms with E-state index in [-0.39, 0.29) is 18.9 Å². The van der Waals surface area contributed by atoms with E-state index in [0.29, 0.717) is 36.8 Å². The van der Waals surface area contributed by atoms with Gasteiger partial charge in [0.05, 0.1) is 13.7 Å². The van der Waals surface area contributed by atoms with Crippen molar-refractivity contribution >= 4 is 27.7 Å². The van der Waals surface area contributed by atoms with Crippen LogP contribution in [-0.4, -0.2) is 42.8 Å². The van der Waals surface area contributed by atoms with Gasteiger partial charge in [-0.05, 0) is 48.0 Å². The SMILES string of the molecule is C=CC[C@]1(C(=O)NNCc2ccc(OC)cc2)N=C(c2ccc(OCCCO)cc2)O[C@H]1c1ccccc1Br. The molecule has 3 N–H and O–H groups in total. The summed E-state index contributed by atoms with van der Waals surface area (Å²) in [5.41, 5.74) is 7.06. The van der Waals surface area contributed by atoms with E-state index in [1.165, 1.54) is 0 Å². The molecule has 8 nitrogen and oxygen atoms in total. The number of nitrogens with one attached hydrogen (secondary N) is 2. The Kier molecular flexibility index (Phi) is 9.75. The first-order valence-electron chi connectivity index (χ1n) is 12.6. The molecule has 1 heterocycles. The second-order valence-corrected chi connectivity index (χ2v) is 9.81. The van der Waals surface area contributed by atoms with Crippen LogP contribution >= 0.6 is 15.9 Å². The van der Waals surface area contributed by atoms with E-state index in [0.717, 1.165) is 21.3 Å². The molecule has 0 spiro atoms. The Balaban J connectivity index is 1.60. The highest BCUT2D eigenvalue weighted by Gasteiger charge is 2.53. The molecule has 3 aromatic rings.